The molecule has 0 saturated carbocycles. The summed E-state index contributed by atoms with van der Waals surface area (Å²) in [4.78, 5) is 31.0. The summed E-state index contributed by atoms with van der Waals surface area (Å²) in [5.74, 6) is -0.753. The maximum absolute atomic E-state index is 16.3. The number of ether oxygens (including phenoxy) is 1. The first-order valence-electron chi connectivity index (χ1n) is 17.3. The van der Waals surface area contributed by atoms with Crippen LogP contribution in [0.2, 0.25) is 18.6 Å². The van der Waals surface area contributed by atoms with Crippen LogP contribution in [0.4, 0.5) is 15.5 Å². The van der Waals surface area contributed by atoms with Crippen molar-refractivity contribution in [3.05, 3.63) is 107 Å². The lowest BCUT2D eigenvalue weighted by Gasteiger charge is -2.31. The first-order chi connectivity index (χ1) is 23.6. The maximum atomic E-state index is 16.3. The summed E-state index contributed by atoms with van der Waals surface area (Å²) in [7, 11) is -3.34. The van der Waals surface area contributed by atoms with Gasteiger partial charge in [0.2, 0.25) is 14.3 Å². The van der Waals surface area contributed by atoms with Gasteiger partial charge >= 0.3 is 0 Å². The van der Waals surface area contributed by atoms with Gasteiger partial charge in [0.05, 0.1) is 36.6 Å². The number of carbonyl (C=O) groups is 2. The lowest BCUT2D eigenvalue weighted by molar-refractivity contribution is -0.146. The first kappa shape index (κ1) is 33.3. The fourth-order valence-corrected chi connectivity index (χ4v) is 11.0. The summed E-state index contributed by atoms with van der Waals surface area (Å²) in [5, 5.41) is 18.8. The normalized spacial score (nSPS) is 24.6. The zero-order valence-electron chi connectivity index (χ0n) is 28.3. The molecule has 2 amide bonds. The standard InChI is InChI=1S/C38H44FN5O4Si/c1-26-36(49(2,3)39)34(19-21-42-24-32(40-41-42)30(25-45)28-13-5-4-6-14-28)48-38(26)31-16-7-8-17-33(31)44(37(38)47)23-27-12-11-15-29(22-27)43-20-10-9-18-35(43)46/h4-8,11-17,22,24,26,30,34,36,45H,9-10,18-21,23,25H2,1-3H3/t26-,30?,34+,36-,38+/m1/s1. The Labute approximate surface area is 287 Å². The molecule has 0 bridgehead atoms. The van der Waals surface area contributed by atoms with Crippen LogP contribution in [0.25, 0.3) is 0 Å². The molecule has 11 heteroatoms. The number of halogens is 1. The van der Waals surface area contributed by atoms with Crippen LogP contribution >= 0.6 is 0 Å². The molecule has 4 heterocycles. The Kier molecular flexibility index (Phi) is 9.01. The van der Waals surface area contributed by atoms with E-state index in [0.717, 1.165) is 40.9 Å². The van der Waals surface area contributed by atoms with Crippen LogP contribution in [0.5, 0.6) is 0 Å². The molecular weight excluding hydrogens is 638 g/mol. The van der Waals surface area contributed by atoms with E-state index in [4.69, 9.17) is 4.74 Å². The Bertz CT molecular complexity index is 1830. The zero-order valence-corrected chi connectivity index (χ0v) is 29.3. The number of aliphatic hydroxyl groups is 1. The number of para-hydroxylation sites is 1. The van der Waals surface area contributed by atoms with Gasteiger partial charge in [-0.2, -0.15) is 0 Å². The van der Waals surface area contributed by atoms with Crippen molar-refractivity contribution in [1.29, 1.82) is 0 Å². The molecule has 2 fully saturated rings. The molecule has 0 aliphatic carbocycles. The molecule has 1 spiro atoms. The number of rotatable bonds is 10. The second kappa shape index (κ2) is 13.3. The Morgan fingerprint density at radius 3 is 2.57 bits per heavy atom. The summed E-state index contributed by atoms with van der Waals surface area (Å²) in [6.07, 6.45) is 4.20. The summed E-state index contributed by atoms with van der Waals surface area (Å²) in [6.45, 7) is 6.72. The highest BCUT2D eigenvalue weighted by atomic mass is 28.4. The molecule has 256 valence electrons. The number of anilines is 2. The molecule has 5 atom stereocenters. The van der Waals surface area contributed by atoms with E-state index in [1.165, 1.54) is 0 Å². The first-order valence-corrected chi connectivity index (χ1v) is 20.3. The second-order valence-corrected chi connectivity index (χ2v) is 18.0. The van der Waals surface area contributed by atoms with E-state index in [-0.39, 0.29) is 24.3 Å². The summed E-state index contributed by atoms with van der Waals surface area (Å²) in [6, 6.07) is 25.3. The molecular formula is C38H44FN5O4Si. The number of hydrogen-bond donors (Lipinski definition) is 1. The molecule has 3 aromatic carbocycles. The minimum atomic E-state index is -3.34. The molecule has 49 heavy (non-hydrogen) atoms. The van der Waals surface area contributed by atoms with Crippen LogP contribution < -0.4 is 9.80 Å². The third-order valence-corrected chi connectivity index (χ3v) is 13.2. The van der Waals surface area contributed by atoms with Crippen LogP contribution in [0.1, 0.15) is 60.9 Å². The Morgan fingerprint density at radius 1 is 1.04 bits per heavy atom. The molecule has 1 N–H and O–H groups in total. The molecule has 7 rings (SSSR count). The minimum absolute atomic E-state index is 0.100. The van der Waals surface area contributed by atoms with E-state index in [1.807, 2.05) is 96.9 Å². The highest BCUT2D eigenvalue weighted by Gasteiger charge is 2.66. The fraction of sp³-hybridized carbons (Fsp3) is 0.421. The van der Waals surface area contributed by atoms with E-state index >= 15 is 4.11 Å². The van der Waals surface area contributed by atoms with Crippen molar-refractivity contribution in [2.75, 3.05) is 23.0 Å². The van der Waals surface area contributed by atoms with E-state index in [2.05, 4.69) is 10.3 Å². The predicted molar refractivity (Wildman–Crippen MR) is 188 cm³/mol. The van der Waals surface area contributed by atoms with Crippen LogP contribution in [0.3, 0.4) is 0 Å². The summed E-state index contributed by atoms with van der Waals surface area (Å²) < 4.78 is 25.0. The van der Waals surface area contributed by atoms with Gasteiger partial charge < -0.3 is 23.8 Å². The smallest absolute Gasteiger partial charge is 0.264 e. The molecule has 0 radical (unpaired) electrons. The number of piperidine rings is 1. The molecule has 3 aliphatic rings. The van der Waals surface area contributed by atoms with Crippen LogP contribution in [0.15, 0.2) is 85.1 Å². The number of fused-ring (bicyclic) bond motifs is 2. The van der Waals surface area contributed by atoms with Crippen LogP contribution in [-0.4, -0.2) is 59.6 Å². The van der Waals surface area contributed by atoms with Gasteiger partial charge in [0.1, 0.15) is 0 Å². The Balaban J connectivity index is 1.15. The number of carbonyl (C=O) groups excluding carboxylic acids is 2. The van der Waals surface area contributed by atoms with Gasteiger partial charge in [0, 0.05) is 48.4 Å². The SMILES string of the molecule is C[C@@H]1[C@@H]([Si](C)(C)F)[C@H](CCn2cc(C(CO)c3ccccc3)nn2)O[C@@]12C(=O)N(Cc1cccc(N3CCCCC3=O)c1)c1ccccc12. The number of aromatic nitrogens is 3. The van der Waals surface area contributed by atoms with Gasteiger partial charge in [-0.3, -0.25) is 14.3 Å². The highest BCUT2D eigenvalue weighted by molar-refractivity contribution is 6.72. The van der Waals surface area contributed by atoms with E-state index < -0.39 is 31.6 Å². The van der Waals surface area contributed by atoms with Gasteiger partial charge in [-0.25, -0.2) is 0 Å². The highest BCUT2D eigenvalue weighted by Crippen LogP contribution is 2.60. The average Bonchev–Trinajstić information content (AvgIpc) is 3.75. The summed E-state index contributed by atoms with van der Waals surface area (Å²) in [5.41, 5.74) is 3.16. The largest absolute Gasteiger partial charge is 0.395 e. The number of hydrogen-bond acceptors (Lipinski definition) is 6. The van der Waals surface area contributed by atoms with Crippen LogP contribution in [-0.2, 0) is 33.0 Å². The minimum Gasteiger partial charge on any atom is -0.395 e. The zero-order chi connectivity index (χ0) is 34.3. The third kappa shape index (κ3) is 6.02. The van der Waals surface area contributed by atoms with Crippen LogP contribution in [0, 0.1) is 5.92 Å². The van der Waals surface area contributed by atoms with E-state index in [9.17, 15) is 14.7 Å². The monoisotopic (exact) mass is 681 g/mol. The average molecular weight is 682 g/mol. The van der Waals surface area contributed by atoms with E-state index in [0.29, 0.717) is 38.2 Å². The molecule has 1 unspecified atom stereocenters. The number of aryl methyl sites for hydroxylation is 1. The summed E-state index contributed by atoms with van der Waals surface area (Å²) >= 11 is 0. The number of benzene rings is 3. The second-order valence-electron chi connectivity index (χ2n) is 14.2. The molecule has 4 aromatic rings. The number of aliphatic hydroxyl groups excluding tert-OH is 1. The maximum Gasteiger partial charge on any atom is 0.264 e. The van der Waals surface area contributed by atoms with Crippen molar-refractivity contribution >= 4 is 31.6 Å². The van der Waals surface area contributed by atoms with E-state index in [1.54, 1.807) is 22.7 Å². The Morgan fingerprint density at radius 2 is 1.82 bits per heavy atom. The third-order valence-electron chi connectivity index (χ3n) is 10.7. The topological polar surface area (TPSA) is 101 Å². The van der Waals surface area contributed by atoms with Gasteiger partial charge in [-0.15, -0.1) is 5.10 Å². The lowest BCUT2D eigenvalue weighted by Crippen LogP contribution is -2.45. The van der Waals surface area contributed by atoms with Crippen molar-refractivity contribution in [3.63, 3.8) is 0 Å². The lowest BCUT2D eigenvalue weighted by atomic mass is 9.82. The Hall–Kier alpha value is -4.19. The number of amides is 2. The van der Waals surface area contributed by atoms with Gasteiger partial charge in [0.15, 0.2) is 5.60 Å². The number of nitrogens with zero attached hydrogens (tertiary/aromatic N) is 5. The fourth-order valence-electron chi connectivity index (χ4n) is 8.41. The van der Waals surface area contributed by atoms with Gasteiger partial charge in [-0.1, -0.05) is 72.8 Å². The van der Waals surface area contributed by atoms with Gasteiger partial charge in [-0.05, 0) is 61.7 Å². The van der Waals surface area contributed by atoms with Crippen molar-refractivity contribution in [2.45, 2.75) is 82.0 Å². The van der Waals surface area contributed by atoms with Gasteiger partial charge in [0.25, 0.3) is 5.91 Å². The van der Waals surface area contributed by atoms with Crippen molar-refractivity contribution in [1.82, 2.24) is 15.0 Å². The molecule has 1 aromatic heterocycles. The van der Waals surface area contributed by atoms with Crippen molar-refractivity contribution < 1.29 is 23.5 Å². The molecule has 9 nitrogen and oxygen atoms in total. The van der Waals surface area contributed by atoms with Crippen molar-refractivity contribution in [2.24, 2.45) is 5.92 Å². The predicted octanol–water partition coefficient (Wildman–Crippen LogP) is 6.33. The molecule has 3 aliphatic heterocycles. The van der Waals surface area contributed by atoms with Crippen molar-refractivity contribution in [3.8, 4) is 0 Å². The quantitative estimate of drug-likeness (QED) is 0.155. The molecule has 2 saturated heterocycles.